The van der Waals surface area contributed by atoms with Crippen molar-refractivity contribution in [1.29, 1.82) is 0 Å². The standard InChI is InChI=1S/C12H19N3S/c1-9-10(2)16-6-5-15(9)8-12-7-11(13)3-4-14-12/h3-4,7,9-10H,5-6,8H2,1-2H3,(H2,13,14). The van der Waals surface area contributed by atoms with Gasteiger partial charge in [0.15, 0.2) is 0 Å². The Morgan fingerprint density at radius 1 is 1.56 bits per heavy atom. The molecule has 1 saturated heterocycles. The summed E-state index contributed by atoms with van der Waals surface area (Å²) in [5.41, 5.74) is 7.64. The normalized spacial score (nSPS) is 26.9. The molecule has 0 amide bonds. The molecule has 0 radical (unpaired) electrons. The first-order valence-corrected chi connectivity index (χ1v) is 6.78. The van der Waals surface area contributed by atoms with E-state index in [-0.39, 0.29) is 0 Å². The van der Waals surface area contributed by atoms with Gasteiger partial charge in [-0.15, -0.1) is 0 Å². The third kappa shape index (κ3) is 2.68. The zero-order valence-electron chi connectivity index (χ0n) is 9.89. The van der Waals surface area contributed by atoms with Gasteiger partial charge in [-0.1, -0.05) is 6.92 Å². The molecule has 1 aliphatic rings. The first-order valence-electron chi connectivity index (χ1n) is 5.73. The van der Waals surface area contributed by atoms with Gasteiger partial charge >= 0.3 is 0 Å². The molecule has 3 nitrogen and oxygen atoms in total. The lowest BCUT2D eigenvalue weighted by Crippen LogP contribution is -2.44. The fraction of sp³-hybridized carbons (Fsp3) is 0.583. The lowest BCUT2D eigenvalue weighted by atomic mass is 10.2. The Morgan fingerprint density at radius 3 is 3.12 bits per heavy atom. The number of anilines is 1. The predicted octanol–water partition coefficient (Wildman–Crippen LogP) is 1.99. The molecule has 4 heteroatoms. The zero-order valence-corrected chi connectivity index (χ0v) is 10.7. The average Bonchev–Trinajstić information content (AvgIpc) is 2.25. The molecule has 2 unspecified atom stereocenters. The maximum Gasteiger partial charge on any atom is 0.0564 e. The van der Waals surface area contributed by atoms with E-state index in [1.807, 2.05) is 12.1 Å². The molecule has 2 N–H and O–H groups in total. The fourth-order valence-electron chi connectivity index (χ4n) is 2.01. The molecule has 0 saturated carbocycles. The minimum Gasteiger partial charge on any atom is -0.399 e. The van der Waals surface area contributed by atoms with E-state index in [2.05, 4.69) is 35.5 Å². The van der Waals surface area contributed by atoms with Crippen LogP contribution in [0.15, 0.2) is 18.3 Å². The Kier molecular flexibility index (Phi) is 3.71. The number of hydrogen-bond donors (Lipinski definition) is 1. The summed E-state index contributed by atoms with van der Waals surface area (Å²) in [5, 5.41) is 0.704. The van der Waals surface area contributed by atoms with Crippen molar-refractivity contribution >= 4 is 17.4 Å². The summed E-state index contributed by atoms with van der Waals surface area (Å²) in [6, 6.07) is 4.42. The Morgan fingerprint density at radius 2 is 2.38 bits per heavy atom. The highest BCUT2D eigenvalue weighted by molar-refractivity contribution is 8.00. The maximum atomic E-state index is 5.76. The maximum absolute atomic E-state index is 5.76. The molecular formula is C12H19N3S. The van der Waals surface area contributed by atoms with Crippen LogP contribution in [0.2, 0.25) is 0 Å². The van der Waals surface area contributed by atoms with E-state index in [1.54, 1.807) is 6.20 Å². The SMILES string of the molecule is CC1SCCN(Cc2cc(N)ccn2)C1C. The van der Waals surface area contributed by atoms with E-state index < -0.39 is 0 Å². The third-order valence-corrected chi connectivity index (χ3v) is 4.56. The molecule has 1 aliphatic heterocycles. The van der Waals surface area contributed by atoms with Crippen LogP contribution in [0.25, 0.3) is 0 Å². The van der Waals surface area contributed by atoms with Crippen LogP contribution in [0.3, 0.4) is 0 Å². The molecule has 0 bridgehead atoms. The summed E-state index contributed by atoms with van der Waals surface area (Å²) in [4.78, 5) is 6.85. The first kappa shape index (κ1) is 11.7. The Bertz CT molecular complexity index is 356. The molecule has 88 valence electrons. The van der Waals surface area contributed by atoms with Crippen LogP contribution < -0.4 is 5.73 Å². The summed E-state index contributed by atoms with van der Waals surface area (Å²) in [6.45, 7) is 6.65. The molecule has 2 heterocycles. The minimum atomic E-state index is 0.613. The van der Waals surface area contributed by atoms with Crippen LogP contribution in [-0.2, 0) is 6.54 Å². The van der Waals surface area contributed by atoms with Gasteiger partial charge < -0.3 is 5.73 Å². The van der Waals surface area contributed by atoms with Crippen molar-refractivity contribution in [1.82, 2.24) is 9.88 Å². The van der Waals surface area contributed by atoms with Crippen LogP contribution in [0.5, 0.6) is 0 Å². The minimum absolute atomic E-state index is 0.613. The van der Waals surface area contributed by atoms with E-state index in [0.717, 1.165) is 24.5 Å². The van der Waals surface area contributed by atoms with Crippen LogP contribution in [-0.4, -0.2) is 33.5 Å². The Labute approximate surface area is 101 Å². The number of hydrogen-bond acceptors (Lipinski definition) is 4. The fourth-order valence-corrected chi connectivity index (χ4v) is 3.17. The van der Waals surface area contributed by atoms with Crippen LogP contribution in [0, 0.1) is 0 Å². The van der Waals surface area contributed by atoms with Crippen molar-refractivity contribution in [2.75, 3.05) is 18.0 Å². The summed E-state index contributed by atoms with van der Waals surface area (Å²) in [6.07, 6.45) is 1.79. The van der Waals surface area contributed by atoms with E-state index in [9.17, 15) is 0 Å². The number of nitrogens with zero attached hydrogens (tertiary/aromatic N) is 2. The highest BCUT2D eigenvalue weighted by atomic mass is 32.2. The van der Waals surface area contributed by atoms with Crippen LogP contribution in [0.1, 0.15) is 19.5 Å². The lowest BCUT2D eigenvalue weighted by Gasteiger charge is -2.37. The van der Waals surface area contributed by atoms with Crippen molar-refractivity contribution in [3.05, 3.63) is 24.0 Å². The number of thioether (sulfide) groups is 1. The van der Waals surface area contributed by atoms with Crippen molar-refractivity contribution in [2.45, 2.75) is 31.7 Å². The first-order chi connectivity index (χ1) is 7.66. The molecule has 2 rings (SSSR count). The lowest BCUT2D eigenvalue weighted by molar-refractivity contribution is 0.202. The van der Waals surface area contributed by atoms with Gasteiger partial charge in [0.05, 0.1) is 5.69 Å². The number of rotatable bonds is 2. The molecule has 0 spiro atoms. The van der Waals surface area contributed by atoms with Crippen LogP contribution in [0.4, 0.5) is 5.69 Å². The number of nitrogen functional groups attached to an aromatic ring is 1. The number of pyridine rings is 1. The second-order valence-electron chi connectivity index (χ2n) is 4.37. The molecule has 2 atom stereocenters. The Hall–Kier alpha value is -0.740. The van der Waals surface area contributed by atoms with E-state index in [0.29, 0.717) is 11.3 Å². The predicted molar refractivity (Wildman–Crippen MR) is 70.4 cm³/mol. The largest absolute Gasteiger partial charge is 0.399 e. The van der Waals surface area contributed by atoms with Crippen molar-refractivity contribution < 1.29 is 0 Å². The van der Waals surface area contributed by atoms with Crippen molar-refractivity contribution in [3.63, 3.8) is 0 Å². The van der Waals surface area contributed by atoms with Gasteiger partial charge in [-0.3, -0.25) is 9.88 Å². The highest BCUT2D eigenvalue weighted by Gasteiger charge is 2.25. The van der Waals surface area contributed by atoms with Gasteiger partial charge in [-0.05, 0) is 19.1 Å². The summed E-state index contributed by atoms with van der Waals surface area (Å²) in [7, 11) is 0. The van der Waals surface area contributed by atoms with Gasteiger partial charge in [-0.25, -0.2) is 0 Å². The number of aromatic nitrogens is 1. The van der Waals surface area contributed by atoms with Crippen molar-refractivity contribution in [2.24, 2.45) is 0 Å². The van der Waals surface area contributed by atoms with E-state index >= 15 is 0 Å². The van der Waals surface area contributed by atoms with E-state index in [4.69, 9.17) is 5.73 Å². The third-order valence-electron chi connectivity index (χ3n) is 3.22. The molecule has 1 aromatic rings. The zero-order chi connectivity index (χ0) is 11.5. The average molecular weight is 237 g/mol. The molecule has 1 aromatic heterocycles. The van der Waals surface area contributed by atoms with Gasteiger partial charge in [0.2, 0.25) is 0 Å². The van der Waals surface area contributed by atoms with Crippen LogP contribution >= 0.6 is 11.8 Å². The monoisotopic (exact) mass is 237 g/mol. The molecule has 1 fully saturated rings. The Balaban J connectivity index is 2.03. The van der Waals surface area contributed by atoms with Gasteiger partial charge in [0, 0.05) is 42.0 Å². The quantitative estimate of drug-likeness (QED) is 0.854. The second kappa shape index (κ2) is 5.06. The summed E-state index contributed by atoms with van der Waals surface area (Å²) in [5.74, 6) is 1.22. The van der Waals surface area contributed by atoms with Gasteiger partial charge in [0.1, 0.15) is 0 Å². The van der Waals surface area contributed by atoms with Gasteiger partial charge in [-0.2, -0.15) is 11.8 Å². The smallest absolute Gasteiger partial charge is 0.0564 e. The summed E-state index contributed by atoms with van der Waals surface area (Å²) < 4.78 is 0. The highest BCUT2D eigenvalue weighted by Crippen LogP contribution is 2.25. The second-order valence-corrected chi connectivity index (χ2v) is 5.85. The molecule has 0 aliphatic carbocycles. The topological polar surface area (TPSA) is 42.1 Å². The number of nitrogens with two attached hydrogens (primary N) is 1. The van der Waals surface area contributed by atoms with Gasteiger partial charge in [0.25, 0.3) is 0 Å². The summed E-state index contributed by atoms with van der Waals surface area (Å²) >= 11 is 2.06. The van der Waals surface area contributed by atoms with E-state index in [1.165, 1.54) is 5.75 Å². The molecular weight excluding hydrogens is 218 g/mol. The van der Waals surface area contributed by atoms with Crippen molar-refractivity contribution in [3.8, 4) is 0 Å². The molecule has 16 heavy (non-hydrogen) atoms. The molecule has 0 aromatic carbocycles.